The molecule has 0 amide bonds. The van der Waals surface area contributed by atoms with Gasteiger partial charge in [0.25, 0.3) is 0 Å². The van der Waals surface area contributed by atoms with Gasteiger partial charge in [-0.25, -0.2) is 0 Å². The molecule has 10 heteroatoms. The van der Waals surface area contributed by atoms with Gasteiger partial charge < -0.3 is 13.6 Å². The number of aromatic nitrogens is 2. The van der Waals surface area contributed by atoms with Gasteiger partial charge in [0.2, 0.25) is 0 Å². The Labute approximate surface area is 343 Å². The van der Waals surface area contributed by atoms with Gasteiger partial charge in [0.05, 0.1) is 22.1 Å². The largest absolute Gasteiger partial charge is 0.456 e. The van der Waals surface area contributed by atoms with E-state index < -0.39 is 0 Å². The van der Waals surface area contributed by atoms with Gasteiger partial charge in [-0.1, -0.05) is 130 Å². The standard InChI is InChI=1S/C48H37B7N2O/c49-39-35(25-21-22-31-30(23-25)28-17-9-16-27(24-11-3-1-4-12-24)46(28)56(31)26-13-5-2-6-14-26)40(50)44(54)47-37(39)38-41(51)42(52)43(53)45(55)48(38)57(47)32-18-10-20-34-36(32)29-15-7-8-19-33(29)58-34/h1-23H,49-55H2. The molecule has 0 atom stereocenters. The van der Waals surface area contributed by atoms with Crippen LogP contribution in [-0.4, -0.2) is 64.1 Å². The molecule has 3 heterocycles. The summed E-state index contributed by atoms with van der Waals surface area (Å²) in [6.07, 6.45) is 0. The van der Waals surface area contributed by atoms with Gasteiger partial charge in [-0.2, -0.15) is 0 Å². The Morgan fingerprint density at radius 3 is 1.78 bits per heavy atom. The minimum atomic E-state index is 0.910. The van der Waals surface area contributed by atoms with Crippen LogP contribution in [0, 0.1) is 0 Å². The van der Waals surface area contributed by atoms with Crippen molar-refractivity contribution in [3.8, 4) is 33.6 Å². The van der Waals surface area contributed by atoms with Crippen LogP contribution in [0.1, 0.15) is 0 Å². The normalized spacial score (nSPS) is 11.9. The quantitative estimate of drug-likeness (QED) is 0.247. The fourth-order valence-corrected chi connectivity index (χ4v) is 10.2. The third-order valence-corrected chi connectivity index (χ3v) is 13.4. The Bertz CT molecular complexity index is 3530. The van der Waals surface area contributed by atoms with Gasteiger partial charge in [0.1, 0.15) is 66.1 Å². The summed E-state index contributed by atoms with van der Waals surface area (Å²) in [7, 11) is 16.2. The zero-order valence-corrected chi connectivity index (χ0v) is 34.1. The highest BCUT2D eigenvalue weighted by molar-refractivity contribution is 6.69. The first-order chi connectivity index (χ1) is 28.2. The lowest BCUT2D eigenvalue weighted by Crippen LogP contribution is -2.48. The minimum Gasteiger partial charge on any atom is -0.456 e. The van der Waals surface area contributed by atoms with Crippen LogP contribution in [0.3, 0.4) is 0 Å². The summed E-state index contributed by atoms with van der Waals surface area (Å²) in [5.41, 5.74) is 23.4. The monoisotopic (exact) mass is 734 g/mol. The molecule has 0 saturated heterocycles. The first-order valence-electron chi connectivity index (χ1n) is 20.4. The molecule has 11 rings (SSSR count). The minimum absolute atomic E-state index is 0.910. The molecule has 0 N–H and O–H groups in total. The average molecular weight is 734 g/mol. The molecular formula is C48H37B7N2O. The summed E-state index contributed by atoms with van der Waals surface area (Å²) >= 11 is 0. The van der Waals surface area contributed by atoms with E-state index in [4.69, 9.17) is 4.42 Å². The molecule has 0 radical (unpaired) electrons. The summed E-state index contributed by atoms with van der Waals surface area (Å²) < 4.78 is 11.5. The Balaban J connectivity index is 1.26. The highest BCUT2D eigenvalue weighted by atomic mass is 16.3. The van der Waals surface area contributed by atoms with Crippen molar-refractivity contribution in [2.75, 3.05) is 0 Å². The fourth-order valence-electron chi connectivity index (χ4n) is 10.2. The number of fused-ring (bicyclic) bond motifs is 9. The van der Waals surface area contributed by atoms with Crippen molar-refractivity contribution in [1.82, 2.24) is 9.13 Å². The van der Waals surface area contributed by atoms with Crippen molar-refractivity contribution in [3.63, 3.8) is 0 Å². The molecule has 11 aromatic rings. The fraction of sp³-hybridized carbons (Fsp3) is 0. The van der Waals surface area contributed by atoms with Crippen LogP contribution < -0.4 is 38.2 Å². The predicted molar refractivity (Wildman–Crippen MR) is 271 cm³/mol. The Morgan fingerprint density at radius 1 is 0.379 bits per heavy atom. The van der Waals surface area contributed by atoms with Gasteiger partial charge in [-0.15, -0.1) is 5.46 Å². The van der Waals surface area contributed by atoms with Gasteiger partial charge in [0.15, 0.2) is 0 Å². The van der Waals surface area contributed by atoms with Gasteiger partial charge in [-0.3, -0.25) is 0 Å². The molecule has 0 fully saturated rings. The lowest BCUT2D eigenvalue weighted by atomic mass is 9.64. The molecule has 0 spiro atoms. The highest BCUT2D eigenvalue weighted by Gasteiger charge is 2.27. The van der Waals surface area contributed by atoms with Crippen LogP contribution in [0.4, 0.5) is 0 Å². The second-order valence-corrected chi connectivity index (χ2v) is 16.3. The number of benzene rings is 8. The zero-order chi connectivity index (χ0) is 39.6. The third-order valence-electron chi connectivity index (χ3n) is 13.4. The zero-order valence-electron chi connectivity index (χ0n) is 34.1. The van der Waals surface area contributed by atoms with Crippen LogP contribution in [0.25, 0.3) is 99.2 Å². The van der Waals surface area contributed by atoms with Crippen molar-refractivity contribution >= 4 is 159 Å². The van der Waals surface area contributed by atoms with Crippen LogP contribution in [-0.2, 0) is 0 Å². The van der Waals surface area contributed by atoms with E-state index in [2.05, 4.69) is 204 Å². The van der Waals surface area contributed by atoms with E-state index in [-0.39, 0.29) is 0 Å². The molecule has 3 nitrogen and oxygen atoms in total. The van der Waals surface area contributed by atoms with Crippen molar-refractivity contribution in [2.24, 2.45) is 0 Å². The number of nitrogens with zero attached hydrogens (tertiary/aromatic N) is 2. The SMILES string of the molecule is Bc1c(B)c(B)c2c(c1B)c1c(B)c(-c3ccc4c(c3)c3cccc(-c5ccccc5)c3n4-c3ccccc3)c(B)c(B)c1n2-c1cccc2oc3ccccc3c12. The van der Waals surface area contributed by atoms with Gasteiger partial charge >= 0.3 is 0 Å². The van der Waals surface area contributed by atoms with E-state index >= 15 is 0 Å². The number of para-hydroxylation sites is 3. The molecule has 266 valence electrons. The van der Waals surface area contributed by atoms with Crippen LogP contribution in [0.2, 0.25) is 0 Å². The van der Waals surface area contributed by atoms with Crippen molar-refractivity contribution < 1.29 is 4.42 Å². The highest BCUT2D eigenvalue weighted by Crippen LogP contribution is 2.41. The van der Waals surface area contributed by atoms with Crippen molar-refractivity contribution in [2.45, 2.75) is 0 Å². The number of rotatable bonds is 4. The number of furan rings is 1. The maximum atomic E-state index is 6.48. The van der Waals surface area contributed by atoms with Crippen molar-refractivity contribution in [1.29, 1.82) is 0 Å². The smallest absolute Gasteiger partial charge is 0.141 e. The van der Waals surface area contributed by atoms with Crippen molar-refractivity contribution in [3.05, 3.63) is 140 Å². The topological polar surface area (TPSA) is 23.0 Å². The second kappa shape index (κ2) is 12.8. The van der Waals surface area contributed by atoms with E-state index in [0.29, 0.717) is 0 Å². The first kappa shape index (κ1) is 34.8. The van der Waals surface area contributed by atoms with Gasteiger partial charge in [0, 0.05) is 43.8 Å². The lowest BCUT2D eigenvalue weighted by Gasteiger charge is -2.19. The maximum Gasteiger partial charge on any atom is 0.141 e. The molecule has 58 heavy (non-hydrogen) atoms. The summed E-state index contributed by atoms with van der Waals surface area (Å²) in [6.45, 7) is 0. The number of hydrogen-bond donors (Lipinski definition) is 0. The van der Waals surface area contributed by atoms with Crippen LogP contribution in [0.5, 0.6) is 0 Å². The Hall–Kier alpha value is -6.39. The molecule has 0 bridgehead atoms. The first-order valence-corrected chi connectivity index (χ1v) is 20.4. The van der Waals surface area contributed by atoms with Crippen LogP contribution in [0.15, 0.2) is 144 Å². The molecule has 0 aliphatic rings. The summed E-state index contributed by atoms with van der Waals surface area (Å²) in [6, 6.07) is 50.5. The Morgan fingerprint density at radius 2 is 1.00 bits per heavy atom. The molecule has 0 aliphatic carbocycles. The summed E-state index contributed by atoms with van der Waals surface area (Å²) in [5.74, 6) is 0. The van der Waals surface area contributed by atoms with E-state index in [9.17, 15) is 0 Å². The molecule has 8 aromatic carbocycles. The van der Waals surface area contributed by atoms with E-state index in [1.54, 1.807) is 0 Å². The van der Waals surface area contributed by atoms with Crippen LogP contribution >= 0.6 is 0 Å². The molecule has 3 aromatic heterocycles. The molecule has 0 aliphatic heterocycles. The van der Waals surface area contributed by atoms with Gasteiger partial charge in [-0.05, 0) is 64.5 Å². The lowest BCUT2D eigenvalue weighted by molar-refractivity contribution is 0.669. The Kier molecular flexibility index (Phi) is 7.69. The molecule has 0 saturated carbocycles. The molecule has 0 unspecified atom stereocenters. The predicted octanol–water partition coefficient (Wildman–Crippen LogP) is 0.923. The molecular weight excluding hydrogens is 696 g/mol. The maximum absolute atomic E-state index is 6.48. The van der Waals surface area contributed by atoms with E-state index in [0.717, 1.165) is 33.3 Å². The third kappa shape index (κ3) is 4.72. The van der Waals surface area contributed by atoms with E-state index in [1.165, 1.54) is 104 Å². The number of hydrogen-bond acceptors (Lipinski definition) is 1. The van der Waals surface area contributed by atoms with E-state index in [1.807, 2.05) is 0 Å². The second-order valence-electron chi connectivity index (χ2n) is 16.3. The summed E-state index contributed by atoms with van der Waals surface area (Å²) in [4.78, 5) is 0. The average Bonchev–Trinajstić information content (AvgIpc) is 3.93. The summed E-state index contributed by atoms with van der Waals surface area (Å²) in [5, 5.41) is 7.48.